The van der Waals surface area contributed by atoms with E-state index in [0.29, 0.717) is 15.9 Å². The van der Waals surface area contributed by atoms with Gasteiger partial charge in [-0.05, 0) is 55.8 Å². The van der Waals surface area contributed by atoms with Crippen molar-refractivity contribution < 1.29 is 35.6 Å². The van der Waals surface area contributed by atoms with Gasteiger partial charge in [0.25, 0.3) is 10.0 Å². The molecule has 242 valence electrons. The summed E-state index contributed by atoms with van der Waals surface area (Å²) >= 11 is 0. The summed E-state index contributed by atoms with van der Waals surface area (Å²) in [7, 11) is -4.61. The third-order valence-corrected chi connectivity index (χ3v) is 8.86. The van der Waals surface area contributed by atoms with E-state index in [9.17, 15) is 35.6 Å². The maximum absolute atomic E-state index is 15.0. The second-order valence-corrected chi connectivity index (χ2v) is 12.7. The number of benzene rings is 4. The molecule has 0 aliphatic rings. The van der Waals surface area contributed by atoms with Crippen LogP contribution in [0.2, 0.25) is 0 Å². The maximum Gasteiger partial charge on any atom is 0.416 e. The predicted molar refractivity (Wildman–Crippen MR) is 167 cm³/mol. The lowest BCUT2D eigenvalue weighted by Crippen LogP contribution is -2.54. The molecule has 46 heavy (non-hydrogen) atoms. The molecule has 0 aromatic heterocycles. The Labute approximate surface area is 265 Å². The van der Waals surface area contributed by atoms with Crippen LogP contribution in [0, 0.1) is 5.82 Å². The second kappa shape index (κ2) is 14.6. The van der Waals surface area contributed by atoms with Crippen molar-refractivity contribution in [1.82, 2.24) is 10.2 Å². The normalized spacial score (nSPS) is 12.4. The molecule has 0 saturated carbocycles. The molecule has 0 aliphatic carbocycles. The van der Waals surface area contributed by atoms with Gasteiger partial charge in [0.2, 0.25) is 11.8 Å². The lowest BCUT2D eigenvalue weighted by Gasteiger charge is -2.34. The Bertz CT molecular complexity index is 1750. The van der Waals surface area contributed by atoms with Crippen LogP contribution in [0.25, 0.3) is 0 Å². The monoisotopic (exact) mass is 655 g/mol. The van der Waals surface area contributed by atoms with Crippen LogP contribution in [0.1, 0.15) is 30.5 Å². The van der Waals surface area contributed by atoms with E-state index in [1.165, 1.54) is 42.5 Å². The van der Waals surface area contributed by atoms with Crippen LogP contribution in [0.5, 0.6) is 0 Å². The number of sulfonamides is 1. The highest BCUT2D eigenvalue weighted by molar-refractivity contribution is 7.92. The van der Waals surface area contributed by atoms with Gasteiger partial charge in [-0.3, -0.25) is 13.9 Å². The smallest absolute Gasteiger partial charge is 0.352 e. The van der Waals surface area contributed by atoms with Crippen LogP contribution < -0.4 is 9.62 Å². The summed E-state index contributed by atoms with van der Waals surface area (Å²) in [6, 6.07) is 23.4. The molecular weight excluding hydrogens is 622 g/mol. The van der Waals surface area contributed by atoms with Crippen molar-refractivity contribution in [3.8, 4) is 0 Å². The molecule has 1 atom stereocenters. The van der Waals surface area contributed by atoms with Crippen molar-refractivity contribution in [1.29, 1.82) is 0 Å². The molecular formula is C34H33F4N3O4S. The summed E-state index contributed by atoms with van der Waals surface area (Å²) in [5.41, 5.74) is -0.802. The highest BCUT2D eigenvalue weighted by Gasteiger charge is 2.36. The standard InChI is InChI=1S/C34H33F4N3O4S/c1-24(2)39-33(43)31(20-25-12-5-3-6-13-25)40(22-26-14-9-10-19-30(26)35)32(42)23-41(46(44,45)29-17-7-4-8-18-29)28-16-11-15-27(21-28)34(36,37)38/h3-19,21,24,31H,20,22-23H2,1-2H3,(H,39,43). The molecule has 0 aliphatic heterocycles. The average molecular weight is 656 g/mol. The van der Waals surface area contributed by atoms with Gasteiger partial charge in [-0.2, -0.15) is 13.2 Å². The SMILES string of the molecule is CC(C)NC(=O)C(Cc1ccccc1)N(Cc1ccccc1F)C(=O)CN(c1cccc(C(F)(F)F)c1)S(=O)(=O)c1ccccc1. The first-order chi connectivity index (χ1) is 21.8. The minimum Gasteiger partial charge on any atom is -0.352 e. The molecule has 0 saturated heterocycles. The van der Waals surface area contributed by atoms with Crippen molar-refractivity contribution in [3.05, 3.63) is 132 Å². The van der Waals surface area contributed by atoms with Crippen LogP contribution in [0.4, 0.5) is 23.2 Å². The summed E-state index contributed by atoms with van der Waals surface area (Å²) in [6.07, 6.45) is -4.80. The topological polar surface area (TPSA) is 86.8 Å². The van der Waals surface area contributed by atoms with Crippen molar-refractivity contribution in [3.63, 3.8) is 0 Å². The zero-order chi connectivity index (χ0) is 33.5. The van der Waals surface area contributed by atoms with Gasteiger partial charge < -0.3 is 10.2 Å². The van der Waals surface area contributed by atoms with Gasteiger partial charge in [0.05, 0.1) is 16.1 Å². The third kappa shape index (κ3) is 8.51. The first-order valence-corrected chi connectivity index (χ1v) is 15.8. The minimum absolute atomic E-state index is 0.00538. The predicted octanol–water partition coefficient (Wildman–Crippen LogP) is 6.20. The van der Waals surface area contributed by atoms with Gasteiger partial charge in [-0.25, -0.2) is 12.8 Å². The van der Waals surface area contributed by atoms with Gasteiger partial charge >= 0.3 is 6.18 Å². The van der Waals surface area contributed by atoms with Gasteiger partial charge in [-0.15, -0.1) is 0 Å². The fourth-order valence-corrected chi connectivity index (χ4v) is 6.26. The molecule has 4 aromatic carbocycles. The number of nitrogens with zero attached hydrogens (tertiary/aromatic N) is 2. The van der Waals surface area contributed by atoms with Crippen molar-refractivity contribution in [2.45, 2.75) is 50.0 Å². The molecule has 0 radical (unpaired) electrons. The minimum atomic E-state index is -4.80. The Morgan fingerprint density at radius 1 is 0.826 bits per heavy atom. The largest absolute Gasteiger partial charge is 0.416 e. The number of carbonyl (C=O) groups is 2. The summed E-state index contributed by atoms with van der Waals surface area (Å²) < 4.78 is 84.5. The molecule has 0 spiro atoms. The van der Waals surface area contributed by atoms with E-state index in [1.54, 1.807) is 56.3 Å². The van der Waals surface area contributed by atoms with Gasteiger partial charge in [0, 0.05) is 24.6 Å². The zero-order valence-electron chi connectivity index (χ0n) is 25.1. The van der Waals surface area contributed by atoms with Crippen LogP contribution in [-0.4, -0.2) is 43.8 Å². The quantitative estimate of drug-likeness (QED) is 0.184. The zero-order valence-corrected chi connectivity index (χ0v) is 25.9. The number of hydrogen-bond donors (Lipinski definition) is 1. The number of halogens is 4. The van der Waals surface area contributed by atoms with Crippen LogP contribution in [0.15, 0.2) is 114 Å². The Morgan fingerprint density at radius 3 is 2.04 bits per heavy atom. The summed E-state index contributed by atoms with van der Waals surface area (Å²) in [5.74, 6) is -2.16. The van der Waals surface area contributed by atoms with Crippen LogP contribution in [0.3, 0.4) is 0 Å². The van der Waals surface area contributed by atoms with Gasteiger partial charge in [-0.1, -0.05) is 72.8 Å². The lowest BCUT2D eigenvalue weighted by atomic mass is 10.0. The third-order valence-electron chi connectivity index (χ3n) is 7.07. The highest BCUT2D eigenvalue weighted by atomic mass is 32.2. The fourth-order valence-electron chi connectivity index (χ4n) is 4.83. The van der Waals surface area contributed by atoms with E-state index >= 15 is 0 Å². The molecule has 4 rings (SSSR count). The highest BCUT2D eigenvalue weighted by Crippen LogP contribution is 2.33. The van der Waals surface area contributed by atoms with E-state index in [0.717, 1.165) is 23.1 Å². The van der Waals surface area contributed by atoms with E-state index in [1.807, 2.05) is 0 Å². The van der Waals surface area contributed by atoms with Crippen LogP contribution >= 0.6 is 0 Å². The number of nitrogens with one attached hydrogen (secondary N) is 1. The number of alkyl halides is 3. The maximum atomic E-state index is 15.0. The molecule has 4 aromatic rings. The average Bonchev–Trinajstić information content (AvgIpc) is 3.02. The first kappa shape index (κ1) is 34.2. The molecule has 0 fully saturated rings. The van der Waals surface area contributed by atoms with Gasteiger partial charge in [0.15, 0.2) is 0 Å². The number of carbonyl (C=O) groups excluding carboxylic acids is 2. The first-order valence-electron chi connectivity index (χ1n) is 14.4. The summed E-state index contributed by atoms with van der Waals surface area (Å²) in [5, 5.41) is 2.78. The molecule has 0 bridgehead atoms. The number of hydrogen-bond acceptors (Lipinski definition) is 4. The summed E-state index contributed by atoms with van der Waals surface area (Å²) in [6.45, 7) is 2.05. The Kier molecular flexibility index (Phi) is 10.8. The van der Waals surface area contributed by atoms with Gasteiger partial charge in [0.1, 0.15) is 18.4 Å². The van der Waals surface area contributed by atoms with E-state index in [2.05, 4.69) is 5.32 Å². The Balaban J connectivity index is 1.85. The number of amides is 2. The van der Waals surface area contributed by atoms with E-state index in [-0.39, 0.29) is 22.9 Å². The molecule has 1 unspecified atom stereocenters. The molecule has 2 amide bonds. The number of rotatable bonds is 12. The summed E-state index contributed by atoms with van der Waals surface area (Å²) in [4.78, 5) is 28.8. The van der Waals surface area contributed by atoms with Crippen LogP contribution in [-0.2, 0) is 38.8 Å². The van der Waals surface area contributed by atoms with E-state index in [4.69, 9.17) is 0 Å². The molecule has 7 nitrogen and oxygen atoms in total. The second-order valence-electron chi connectivity index (χ2n) is 10.9. The molecule has 1 N–H and O–H groups in total. The Morgan fingerprint density at radius 2 is 1.43 bits per heavy atom. The Hall–Kier alpha value is -4.71. The van der Waals surface area contributed by atoms with Crippen molar-refractivity contribution >= 4 is 27.5 Å². The van der Waals surface area contributed by atoms with E-state index < -0.39 is 64.2 Å². The van der Waals surface area contributed by atoms with Crippen molar-refractivity contribution in [2.24, 2.45) is 0 Å². The van der Waals surface area contributed by atoms with Crippen molar-refractivity contribution in [2.75, 3.05) is 10.8 Å². The molecule has 0 heterocycles. The molecule has 12 heteroatoms. The lowest BCUT2D eigenvalue weighted by molar-refractivity contribution is -0.140. The fraction of sp³-hybridized carbons (Fsp3) is 0.235. The number of anilines is 1.